The normalized spacial score (nSPS) is 23.5. The van der Waals surface area contributed by atoms with Gasteiger partial charge in [-0.3, -0.25) is 4.52 Å². The number of aromatic nitrogens is 4. The summed E-state index contributed by atoms with van der Waals surface area (Å²) in [4.78, 5) is 12.3. The van der Waals surface area contributed by atoms with Crippen molar-refractivity contribution in [1.82, 2.24) is 24.3 Å². The SMILES string of the molecule is NS(=O)(=O)N1CC2CC1CC2Nc1nonc1-c1noc(=O)n1-c1ccc(F)c(Br)c1. The van der Waals surface area contributed by atoms with Crippen molar-refractivity contribution in [3.63, 3.8) is 0 Å². The van der Waals surface area contributed by atoms with Crippen LogP contribution in [0.2, 0.25) is 0 Å². The summed E-state index contributed by atoms with van der Waals surface area (Å²) in [6.45, 7) is 0.306. The zero-order valence-electron chi connectivity index (χ0n) is 15.6. The number of halogens is 2. The van der Waals surface area contributed by atoms with Crippen LogP contribution in [0.15, 0.2) is 36.6 Å². The predicted octanol–water partition coefficient (Wildman–Crippen LogP) is 0.855. The Bertz CT molecular complexity index is 1320. The Morgan fingerprint density at radius 2 is 2.06 bits per heavy atom. The lowest BCUT2D eigenvalue weighted by Gasteiger charge is -2.29. The van der Waals surface area contributed by atoms with Crippen LogP contribution in [0.4, 0.5) is 10.2 Å². The number of nitrogens with two attached hydrogens (primary N) is 1. The minimum atomic E-state index is -3.74. The summed E-state index contributed by atoms with van der Waals surface area (Å²) in [7, 11) is -3.74. The van der Waals surface area contributed by atoms with E-state index < -0.39 is 21.8 Å². The molecule has 31 heavy (non-hydrogen) atoms. The number of piperidine rings is 1. The van der Waals surface area contributed by atoms with Crippen molar-refractivity contribution in [3.8, 4) is 17.2 Å². The van der Waals surface area contributed by atoms with E-state index in [9.17, 15) is 17.6 Å². The summed E-state index contributed by atoms with van der Waals surface area (Å²) < 4.78 is 49.2. The maximum atomic E-state index is 13.6. The second-order valence-corrected chi connectivity index (χ2v) is 9.77. The van der Waals surface area contributed by atoms with Crippen LogP contribution in [0.1, 0.15) is 12.8 Å². The maximum absolute atomic E-state index is 13.6. The number of hydrogen-bond acceptors (Lipinski definition) is 9. The third-order valence-electron chi connectivity index (χ3n) is 5.61. The molecular formula is C16H15BrFN7O5S. The minimum absolute atomic E-state index is 0.0153. The van der Waals surface area contributed by atoms with E-state index in [0.29, 0.717) is 25.1 Å². The fraction of sp³-hybridized carbons (Fsp3) is 0.375. The van der Waals surface area contributed by atoms with Crippen molar-refractivity contribution < 1.29 is 22.0 Å². The molecule has 15 heteroatoms. The fourth-order valence-corrected chi connectivity index (χ4v) is 5.61. The molecule has 164 valence electrons. The van der Waals surface area contributed by atoms with Crippen molar-refractivity contribution in [1.29, 1.82) is 0 Å². The largest absolute Gasteiger partial charge is 0.446 e. The molecule has 2 aromatic heterocycles. The highest BCUT2D eigenvalue weighted by Gasteiger charge is 2.48. The molecule has 2 aliphatic rings. The van der Waals surface area contributed by atoms with E-state index in [0.717, 1.165) is 4.57 Å². The van der Waals surface area contributed by atoms with E-state index in [1.807, 2.05) is 0 Å². The van der Waals surface area contributed by atoms with Gasteiger partial charge in [0.1, 0.15) is 5.82 Å². The predicted molar refractivity (Wildman–Crippen MR) is 107 cm³/mol. The molecule has 3 aromatic rings. The van der Waals surface area contributed by atoms with E-state index in [1.54, 1.807) is 0 Å². The standard InChI is InChI=1S/C16H15BrFN7O5S/c17-10-4-8(1-2-11(10)18)25-15(23-29-16(25)26)13-14(22-30-21-13)20-12-5-9-3-7(12)6-24(9)31(19,27)28/h1-2,4,7,9,12H,3,5-6H2,(H,20,22)(H2,19,27,28). The van der Waals surface area contributed by atoms with E-state index >= 15 is 0 Å². The summed E-state index contributed by atoms with van der Waals surface area (Å²) in [5.41, 5.74) is 0.421. The Morgan fingerprint density at radius 3 is 2.74 bits per heavy atom. The Hall–Kier alpha value is -2.62. The van der Waals surface area contributed by atoms with Crippen molar-refractivity contribution in [2.24, 2.45) is 11.1 Å². The lowest BCUT2D eigenvalue weighted by molar-refractivity contribution is 0.304. The van der Waals surface area contributed by atoms with E-state index in [-0.39, 0.29) is 39.8 Å². The first kappa shape index (κ1) is 20.3. The molecule has 1 aliphatic heterocycles. The summed E-state index contributed by atoms with van der Waals surface area (Å²) in [5, 5.41) is 19.9. The van der Waals surface area contributed by atoms with Crippen LogP contribution in [-0.2, 0) is 10.2 Å². The van der Waals surface area contributed by atoms with Gasteiger partial charge in [0.05, 0.1) is 10.2 Å². The van der Waals surface area contributed by atoms with E-state index in [1.165, 1.54) is 22.5 Å². The fourth-order valence-electron chi connectivity index (χ4n) is 4.26. The Kier molecular flexibility index (Phi) is 4.72. The van der Waals surface area contributed by atoms with Gasteiger partial charge in [0, 0.05) is 18.6 Å². The molecular weight excluding hydrogens is 501 g/mol. The summed E-state index contributed by atoms with van der Waals surface area (Å²) in [6, 6.07) is 3.69. The van der Waals surface area contributed by atoms with Gasteiger partial charge in [0.15, 0.2) is 5.69 Å². The van der Waals surface area contributed by atoms with Crippen LogP contribution < -0.4 is 16.2 Å². The Balaban J connectivity index is 1.44. The molecule has 2 bridgehead atoms. The van der Waals surface area contributed by atoms with Gasteiger partial charge in [-0.15, -0.1) is 0 Å². The molecule has 0 spiro atoms. The van der Waals surface area contributed by atoms with Gasteiger partial charge in [-0.25, -0.2) is 23.5 Å². The van der Waals surface area contributed by atoms with Gasteiger partial charge in [-0.2, -0.15) is 12.7 Å². The molecule has 0 radical (unpaired) electrons. The molecule has 3 unspecified atom stereocenters. The highest BCUT2D eigenvalue weighted by molar-refractivity contribution is 9.10. The number of hydrogen-bond donors (Lipinski definition) is 2. The first-order chi connectivity index (χ1) is 14.7. The van der Waals surface area contributed by atoms with Crippen molar-refractivity contribution in [2.75, 3.05) is 11.9 Å². The summed E-state index contributed by atoms with van der Waals surface area (Å²) >= 11 is 3.08. The second-order valence-electron chi connectivity index (χ2n) is 7.42. The third kappa shape index (κ3) is 3.46. The first-order valence-corrected chi connectivity index (χ1v) is 11.4. The Labute approximate surface area is 182 Å². The quantitative estimate of drug-likeness (QED) is 0.501. The maximum Gasteiger partial charge on any atom is 0.446 e. The van der Waals surface area contributed by atoms with Gasteiger partial charge < -0.3 is 5.32 Å². The minimum Gasteiger partial charge on any atom is -0.362 e. The molecule has 3 N–H and O–H groups in total. The van der Waals surface area contributed by atoms with Gasteiger partial charge >= 0.3 is 5.76 Å². The van der Waals surface area contributed by atoms with Crippen LogP contribution in [0, 0.1) is 11.7 Å². The molecule has 1 saturated heterocycles. The van der Waals surface area contributed by atoms with Gasteiger partial charge in [-0.05, 0) is 63.2 Å². The average molecular weight is 516 g/mol. The van der Waals surface area contributed by atoms with Crippen LogP contribution >= 0.6 is 15.9 Å². The zero-order chi connectivity index (χ0) is 21.9. The molecule has 3 heterocycles. The van der Waals surface area contributed by atoms with E-state index in [2.05, 4.69) is 36.7 Å². The van der Waals surface area contributed by atoms with Crippen LogP contribution in [-0.4, -0.2) is 51.4 Å². The molecule has 3 atom stereocenters. The highest BCUT2D eigenvalue weighted by atomic mass is 79.9. The number of rotatable bonds is 5. The topological polar surface area (TPSA) is 162 Å². The highest BCUT2D eigenvalue weighted by Crippen LogP contribution is 2.40. The van der Waals surface area contributed by atoms with Crippen molar-refractivity contribution in [2.45, 2.75) is 24.9 Å². The number of nitrogens with one attached hydrogen (secondary N) is 1. The lowest BCUT2D eigenvalue weighted by atomic mass is 10.0. The lowest BCUT2D eigenvalue weighted by Crippen LogP contribution is -2.46. The van der Waals surface area contributed by atoms with Crippen molar-refractivity contribution >= 4 is 32.0 Å². The number of benzene rings is 1. The smallest absolute Gasteiger partial charge is 0.362 e. The number of anilines is 1. The number of fused-ring (bicyclic) bond motifs is 2. The second kappa shape index (κ2) is 7.22. The zero-order valence-corrected chi connectivity index (χ0v) is 18.0. The summed E-state index contributed by atoms with van der Waals surface area (Å²) in [6.07, 6.45) is 1.21. The van der Waals surface area contributed by atoms with Crippen LogP contribution in [0.3, 0.4) is 0 Å². The average Bonchev–Trinajstić information content (AvgIpc) is 3.47. The molecule has 1 aromatic carbocycles. The first-order valence-electron chi connectivity index (χ1n) is 9.15. The molecule has 0 amide bonds. The molecule has 1 aliphatic carbocycles. The van der Waals surface area contributed by atoms with Gasteiger partial charge in [0.2, 0.25) is 11.6 Å². The monoisotopic (exact) mass is 515 g/mol. The number of nitrogens with zero attached hydrogens (tertiary/aromatic N) is 5. The van der Waals surface area contributed by atoms with Crippen molar-refractivity contribution in [3.05, 3.63) is 39.0 Å². The summed E-state index contributed by atoms with van der Waals surface area (Å²) in [5.74, 6) is -1.03. The molecule has 2 fully saturated rings. The van der Waals surface area contributed by atoms with Crippen LogP contribution in [0.5, 0.6) is 0 Å². The van der Waals surface area contributed by atoms with E-state index in [4.69, 9.17) is 14.3 Å². The third-order valence-corrected chi connectivity index (χ3v) is 7.32. The molecule has 5 rings (SSSR count). The van der Waals surface area contributed by atoms with Gasteiger partial charge in [-0.1, -0.05) is 5.16 Å². The van der Waals surface area contributed by atoms with Crippen LogP contribution in [0.25, 0.3) is 17.2 Å². The molecule has 1 saturated carbocycles. The van der Waals surface area contributed by atoms with Gasteiger partial charge in [0.25, 0.3) is 10.2 Å². The molecule has 12 nitrogen and oxygen atoms in total. The Morgan fingerprint density at radius 1 is 1.26 bits per heavy atom.